The number of allylic oxidation sites excluding steroid dienone is 1. The van der Waals surface area contributed by atoms with Crippen LogP contribution in [0.2, 0.25) is 10.0 Å². The highest BCUT2D eigenvalue weighted by molar-refractivity contribution is 8.13. The maximum atomic E-state index is 12.9. The van der Waals surface area contributed by atoms with Crippen LogP contribution in [0.1, 0.15) is 31.0 Å². The molecule has 2 aromatic rings. The number of methoxy groups -OCH3 is 3. The number of amidine groups is 1. The molecule has 0 bridgehead atoms. The molecule has 1 aliphatic rings. The van der Waals surface area contributed by atoms with Gasteiger partial charge in [-0.3, -0.25) is 0 Å². The molecule has 7 nitrogen and oxygen atoms in total. The average Bonchev–Trinajstić information content (AvgIpc) is 2.83. The van der Waals surface area contributed by atoms with Gasteiger partial charge in [0.2, 0.25) is 5.75 Å². The molecule has 34 heavy (non-hydrogen) atoms. The van der Waals surface area contributed by atoms with Crippen LogP contribution in [-0.4, -0.2) is 39.1 Å². The normalized spacial score (nSPS) is 15.4. The fraction of sp³-hybridized carbons (Fsp3) is 0.333. The summed E-state index contributed by atoms with van der Waals surface area (Å²) in [6, 6.07) is 8.44. The summed E-state index contributed by atoms with van der Waals surface area (Å²) in [7, 11) is 4.62. The lowest BCUT2D eigenvalue weighted by Gasteiger charge is -2.26. The molecular weight excluding hydrogens is 499 g/mol. The van der Waals surface area contributed by atoms with Crippen molar-refractivity contribution in [2.75, 3.05) is 27.9 Å². The number of carbonyl (C=O) groups excluding carboxylic acids is 1. The largest absolute Gasteiger partial charge is 0.493 e. The number of thioether (sulfide) groups is 1. The van der Waals surface area contributed by atoms with E-state index in [1.807, 2.05) is 19.1 Å². The Morgan fingerprint density at radius 1 is 1.06 bits per heavy atom. The van der Waals surface area contributed by atoms with E-state index in [0.717, 1.165) is 5.56 Å². The summed E-state index contributed by atoms with van der Waals surface area (Å²) in [6.07, 6.45) is 0. The zero-order valence-electron chi connectivity index (χ0n) is 19.5. The predicted octanol–water partition coefficient (Wildman–Crippen LogP) is 5.79. The van der Waals surface area contributed by atoms with Crippen LogP contribution >= 0.6 is 35.0 Å². The van der Waals surface area contributed by atoms with Crippen LogP contribution in [-0.2, 0) is 15.3 Å². The lowest BCUT2D eigenvalue weighted by molar-refractivity contribution is -0.138. The van der Waals surface area contributed by atoms with Crippen molar-refractivity contribution in [3.8, 4) is 17.2 Å². The number of carbonyl (C=O) groups is 1. The molecule has 1 N–H and O–H groups in total. The molecule has 1 heterocycles. The number of rotatable bonds is 8. The Kier molecular flexibility index (Phi) is 8.99. The predicted molar refractivity (Wildman–Crippen MR) is 136 cm³/mol. The first-order chi connectivity index (χ1) is 16.3. The van der Waals surface area contributed by atoms with E-state index in [1.165, 1.54) is 18.9 Å². The molecule has 3 rings (SSSR count). The molecule has 0 amide bonds. The van der Waals surface area contributed by atoms with Crippen molar-refractivity contribution in [3.63, 3.8) is 0 Å². The minimum Gasteiger partial charge on any atom is -0.493 e. The van der Waals surface area contributed by atoms with E-state index in [0.29, 0.717) is 55.0 Å². The SMILES string of the molecule is CCOC(=O)C1=C(C)NC(SCc2ccc(Cl)c(Cl)c2)=N[C@H]1c1cc(OC)c(OC)c(OC)c1. The number of nitrogens with one attached hydrogen (secondary N) is 1. The van der Waals surface area contributed by atoms with Gasteiger partial charge in [-0.05, 0) is 49.2 Å². The van der Waals surface area contributed by atoms with E-state index in [-0.39, 0.29) is 6.61 Å². The first kappa shape index (κ1) is 26.1. The second-order valence-corrected chi connectivity index (χ2v) is 9.00. The molecule has 0 saturated heterocycles. The first-order valence-corrected chi connectivity index (χ1v) is 12.2. The van der Waals surface area contributed by atoms with Crippen molar-refractivity contribution >= 4 is 46.1 Å². The molecular formula is C24H26Cl2N2O5S. The first-order valence-electron chi connectivity index (χ1n) is 10.4. The van der Waals surface area contributed by atoms with Crippen molar-refractivity contribution in [2.45, 2.75) is 25.6 Å². The Morgan fingerprint density at radius 3 is 2.29 bits per heavy atom. The quantitative estimate of drug-likeness (QED) is 0.437. The molecule has 1 atom stereocenters. The fourth-order valence-electron chi connectivity index (χ4n) is 3.48. The number of hydrogen-bond donors (Lipinski definition) is 1. The maximum Gasteiger partial charge on any atom is 0.338 e. The van der Waals surface area contributed by atoms with Crippen molar-refractivity contribution in [1.82, 2.24) is 5.32 Å². The highest BCUT2D eigenvalue weighted by Crippen LogP contribution is 2.43. The summed E-state index contributed by atoms with van der Waals surface area (Å²) in [5.41, 5.74) is 2.76. The maximum absolute atomic E-state index is 12.9. The molecule has 182 valence electrons. The lowest BCUT2D eigenvalue weighted by Crippen LogP contribution is -2.30. The number of nitrogens with zero attached hydrogens (tertiary/aromatic N) is 1. The van der Waals surface area contributed by atoms with Gasteiger partial charge in [0, 0.05) is 11.4 Å². The molecule has 0 unspecified atom stereocenters. The molecule has 0 spiro atoms. The van der Waals surface area contributed by atoms with Gasteiger partial charge in [0.15, 0.2) is 16.7 Å². The number of hydrogen-bond acceptors (Lipinski definition) is 8. The van der Waals surface area contributed by atoms with Gasteiger partial charge in [-0.2, -0.15) is 0 Å². The van der Waals surface area contributed by atoms with Gasteiger partial charge in [-0.15, -0.1) is 0 Å². The number of ether oxygens (including phenoxy) is 4. The summed E-state index contributed by atoms with van der Waals surface area (Å²) in [6.45, 7) is 3.84. The van der Waals surface area contributed by atoms with Crippen LogP contribution < -0.4 is 19.5 Å². The summed E-state index contributed by atoms with van der Waals surface area (Å²) >= 11 is 13.7. The molecule has 2 aromatic carbocycles. The Bertz CT molecular complexity index is 1110. The van der Waals surface area contributed by atoms with Crippen molar-refractivity contribution in [3.05, 3.63) is 62.8 Å². The number of esters is 1. The van der Waals surface area contributed by atoms with Crippen LogP contribution in [0.4, 0.5) is 0 Å². The van der Waals surface area contributed by atoms with Crippen molar-refractivity contribution in [2.24, 2.45) is 4.99 Å². The van der Waals surface area contributed by atoms with Crippen LogP contribution in [0, 0.1) is 0 Å². The summed E-state index contributed by atoms with van der Waals surface area (Å²) in [5, 5.41) is 4.87. The van der Waals surface area contributed by atoms with Gasteiger partial charge in [0.1, 0.15) is 6.04 Å². The monoisotopic (exact) mass is 524 g/mol. The third-order valence-electron chi connectivity index (χ3n) is 5.08. The van der Waals surface area contributed by atoms with E-state index >= 15 is 0 Å². The standard InChI is InChI=1S/C24H26Cl2N2O5S/c1-6-33-23(29)20-13(2)27-24(34-12-14-7-8-16(25)17(26)9-14)28-21(20)15-10-18(30-3)22(32-5)19(11-15)31-4/h7-11,21H,6,12H2,1-5H3,(H,27,28)/t21-/m0/s1. The molecule has 10 heteroatoms. The van der Waals surface area contributed by atoms with Gasteiger partial charge in [0.05, 0.1) is 43.6 Å². The highest BCUT2D eigenvalue weighted by Gasteiger charge is 2.32. The minimum absolute atomic E-state index is 0.250. The Balaban J connectivity index is 2.01. The number of halogens is 2. The number of aliphatic imine (C=N–C) groups is 1. The minimum atomic E-state index is -0.634. The van der Waals surface area contributed by atoms with Crippen LogP contribution in [0.25, 0.3) is 0 Å². The van der Waals surface area contributed by atoms with Crippen LogP contribution in [0.3, 0.4) is 0 Å². The van der Waals surface area contributed by atoms with E-state index in [4.69, 9.17) is 47.1 Å². The Morgan fingerprint density at radius 2 is 1.74 bits per heavy atom. The third kappa shape index (κ3) is 5.74. The van der Waals surface area contributed by atoms with Gasteiger partial charge in [0.25, 0.3) is 0 Å². The number of benzene rings is 2. The zero-order chi connectivity index (χ0) is 24.8. The molecule has 0 fully saturated rings. The van der Waals surface area contributed by atoms with Crippen LogP contribution in [0.15, 0.2) is 46.6 Å². The molecule has 0 aliphatic carbocycles. The molecule has 1 aliphatic heterocycles. The second-order valence-electron chi connectivity index (χ2n) is 7.22. The van der Waals surface area contributed by atoms with Crippen molar-refractivity contribution in [1.29, 1.82) is 0 Å². The van der Waals surface area contributed by atoms with E-state index < -0.39 is 12.0 Å². The molecule has 0 aromatic heterocycles. The summed E-state index contributed by atoms with van der Waals surface area (Å²) in [4.78, 5) is 17.7. The zero-order valence-corrected chi connectivity index (χ0v) is 21.9. The second kappa shape index (κ2) is 11.7. The summed E-state index contributed by atoms with van der Waals surface area (Å²) in [5.74, 6) is 1.56. The molecule has 0 radical (unpaired) electrons. The fourth-order valence-corrected chi connectivity index (χ4v) is 4.68. The molecule has 0 saturated carbocycles. The van der Waals surface area contributed by atoms with E-state index in [9.17, 15) is 4.79 Å². The average molecular weight is 525 g/mol. The summed E-state index contributed by atoms with van der Waals surface area (Å²) < 4.78 is 21.8. The Hall–Kier alpha value is -2.55. The van der Waals surface area contributed by atoms with E-state index in [1.54, 1.807) is 39.3 Å². The van der Waals surface area contributed by atoms with Gasteiger partial charge >= 0.3 is 5.97 Å². The Labute approximate surface area is 213 Å². The lowest BCUT2D eigenvalue weighted by atomic mass is 9.96. The van der Waals surface area contributed by atoms with Gasteiger partial charge in [-0.1, -0.05) is 41.0 Å². The third-order valence-corrected chi connectivity index (χ3v) is 6.77. The highest BCUT2D eigenvalue weighted by atomic mass is 35.5. The topological polar surface area (TPSA) is 78.4 Å². The van der Waals surface area contributed by atoms with Gasteiger partial charge < -0.3 is 24.3 Å². The smallest absolute Gasteiger partial charge is 0.338 e. The van der Waals surface area contributed by atoms with Crippen molar-refractivity contribution < 1.29 is 23.7 Å². The van der Waals surface area contributed by atoms with E-state index in [2.05, 4.69) is 5.32 Å². The van der Waals surface area contributed by atoms with Gasteiger partial charge in [-0.25, -0.2) is 9.79 Å². The van der Waals surface area contributed by atoms with Crippen LogP contribution in [0.5, 0.6) is 17.2 Å².